The fourth-order valence-electron chi connectivity index (χ4n) is 2.12. The number of aliphatic hydroxyl groups excluding tert-OH is 1. The van der Waals surface area contributed by atoms with Crippen LogP contribution in [0.4, 0.5) is 0 Å². The van der Waals surface area contributed by atoms with Crippen LogP contribution in [0.2, 0.25) is 0 Å². The van der Waals surface area contributed by atoms with Crippen LogP contribution in [-0.4, -0.2) is 35.9 Å². The van der Waals surface area contributed by atoms with E-state index in [0.29, 0.717) is 5.92 Å². The first-order valence-corrected chi connectivity index (χ1v) is 5.78. The molecule has 0 spiro atoms. The van der Waals surface area contributed by atoms with Crippen molar-refractivity contribution in [3.05, 3.63) is 0 Å². The van der Waals surface area contributed by atoms with Gasteiger partial charge >= 0.3 is 5.97 Å². The quantitative estimate of drug-likeness (QED) is 0.574. The zero-order chi connectivity index (χ0) is 11.1. The first-order valence-electron chi connectivity index (χ1n) is 5.78. The molecule has 1 aliphatic carbocycles. The molecule has 0 radical (unpaired) electrons. The molecule has 0 amide bonds. The maximum absolute atomic E-state index is 10.7. The van der Waals surface area contributed by atoms with Crippen LogP contribution in [0, 0.1) is 11.8 Å². The summed E-state index contributed by atoms with van der Waals surface area (Å²) in [4.78, 5) is 10.7. The number of hydrogen-bond acceptors (Lipinski definition) is 3. The number of aliphatic hydroxyl groups is 1. The van der Waals surface area contributed by atoms with E-state index in [9.17, 15) is 4.79 Å². The highest BCUT2D eigenvalue weighted by molar-refractivity contribution is 5.69. The van der Waals surface area contributed by atoms with Crippen LogP contribution >= 0.6 is 0 Å². The summed E-state index contributed by atoms with van der Waals surface area (Å²) in [6.07, 6.45) is 4.47. The van der Waals surface area contributed by atoms with Crippen LogP contribution in [0.15, 0.2) is 0 Å². The molecule has 0 aromatic heterocycles. The Morgan fingerprint density at radius 2 is 1.93 bits per heavy atom. The average Bonchev–Trinajstić information content (AvgIpc) is 2.25. The van der Waals surface area contributed by atoms with Gasteiger partial charge in [0, 0.05) is 6.61 Å². The van der Waals surface area contributed by atoms with Crippen molar-refractivity contribution in [3.8, 4) is 0 Å². The normalized spacial score (nSPS) is 26.5. The lowest BCUT2D eigenvalue weighted by Crippen LogP contribution is -2.29. The summed E-state index contributed by atoms with van der Waals surface area (Å²) >= 11 is 0. The Balaban J connectivity index is 2.07. The van der Waals surface area contributed by atoms with Crippen LogP contribution in [0.1, 0.15) is 32.1 Å². The molecular weight excluding hydrogens is 194 g/mol. The third-order valence-electron chi connectivity index (χ3n) is 3.14. The van der Waals surface area contributed by atoms with Crippen molar-refractivity contribution >= 4 is 5.97 Å². The van der Waals surface area contributed by atoms with E-state index in [-0.39, 0.29) is 12.5 Å². The largest absolute Gasteiger partial charge is 0.481 e. The van der Waals surface area contributed by atoms with E-state index in [1.165, 1.54) is 0 Å². The van der Waals surface area contributed by atoms with Gasteiger partial charge < -0.3 is 15.5 Å². The fraction of sp³-hybridized carbons (Fsp3) is 0.909. The minimum atomic E-state index is -0.637. The molecule has 1 rings (SSSR count). The zero-order valence-corrected chi connectivity index (χ0v) is 9.11. The van der Waals surface area contributed by atoms with Crippen LogP contribution in [-0.2, 0) is 4.79 Å². The van der Waals surface area contributed by atoms with Crippen molar-refractivity contribution in [3.63, 3.8) is 0 Å². The van der Waals surface area contributed by atoms with Gasteiger partial charge in [0.05, 0.1) is 5.92 Å². The van der Waals surface area contributed by atoms with Crippen molar-refractivity contribution in [2.45, 2.75) is 32.1 Å². The zero-order valence-electron chi connectivity index (χ0n) is 9.11. The van der Waals surface area contributed by atoms with Crippen LogP contribution < -0.4 is 5.32 Å². The molecule has 0 atom stereocenters. The van der Waals surface area contributed by atoms with Gasteiger partial charge in [-0.25, -0.2) is 0 Å². The van der Waals surface area contributed by atoms with E-state index >= 15 is 0 Å². The van der Waals surface area contributed by atoms with Crippen LogP contribution in [0.25, 0.3) is 0 Å². The van der Waals surface area contributed by atoms with Crippen LogP contribution in [0.5, 0.6) is 0 Å². The standard InChI is InChI=1S/C11H21NO3/c13-7-1-6-12-8-9-2-4-10(5-3-9)11(14)15/h9-10,12-13H,1-8H2,(H,14,15). The molecule has 0 heterocycles. The lowest BCUT2D eigenvalue weighted by molar-refractivity contribution is -0.143. The predicted octanol–water partition coefficient (Wildman–Crippen LogP) is 0.849. The van der Waals surface area contributed by atoms with Crippen LogP contribution in [0.3, 0.4) is 0 Å². The van der Waals surface area contributed by atoms with E-state index in [0.717, 1.165) is 45.2 Å². The van der Waals surface area contributed by atoms with Gasteiger partial charge in [-0.15, -0.1) is 0 Å². The molecule has 1 aliphatic rings. The van der Waals surface area contributed by atoms with Crippen molar-refractivity contribution in [2.24, 2.45) is 11.8 Å². The number of carboxylic acid groups (broad SMARTS) is 1. The number of carbonyl (C=O) groups is 1. The molecule has 0 saturated heterocycles. The SMILES string of the molecule is O=C(O)C1CCC(CNCCCO)CC1. The smallest absolute Gasteiger partial charge is 0.306 e. The van der Waals surface area contributed by atoms with Crippen molar-refractivity contribution < 1.29 is 15.0 Å². The number of hydrogen-bond donors (Lipinski definition) is 3. The van der Waals surface area contributed by atoms with Gasteiger partial charge in [0.15, 0.2) is 0 Å². The number of rotatable bonds is 6. The fourth-order valence-corrected chi connectivity index (χ4v) is 2.12. The summed E-state index contributed by atoms with van der Waals surface area (Å²) in [5.41, 5.74) is 0. The first-order chi connectivity index (χ1) is 7.24. The van der Waals surface area contributed by atoms with Crippen molar-refractivity contribution in [1.29, 1.82) is 0 Å². The summed E-state index contributed by atoms with van der Waals surface area (Å²) in [7, 11) is 0. The molecule has 0 bridgehead atoms. The van der Waals surface area contributed by atoms with E-state index in [2.05, 4.69) is 5.32 Å². The second-order valence-corrected chi connectivity index (χ2v) is 4.34. The molecule has 1 saturated carbocycles. The van der Waals surface area contributed by atoms with E-state index in [1.807, 2.05) is 0 Å². The summed E-state index contributed by atoms with van der Waals surface area (Å²) in [5, 5.41) is 20.7. The Bertz CT molecular complexity index is 188. The second kappa shape index (κ2) is 6.80. The number of aliphatic carboxylic acids is 1. The van der Waals surface area contributed by atoms with E-state index < -0.39 is 5.97 Å². The van der Waals surface area contributed by atoms with Gasteiger partial charge in [0.1, 0.15) is 0 Å². The molecular formula is C11H21NO3. The molecule has 0 unspecified atom stereocenters. The Labute approximate surface area is 90.7 Å². The average molecular weight is 215 g/mol. The molecule has 4 nitrogen and oxygen atoms in total. The summed E-state index contributed by atoms with van der Waals surface area (Å²) in [5.74, 6) is -0.125. The molecule has 0 aromatic rings. The topological polar surface area (TPSA) is 69.6 Å². The molecule has 1 fully saturated rings. The Morgan fingerprint density at radius 1 is 1.27 bits per heavy atom. The summed E-state index contributed by atoms with van der Waals surface area (Å²) < 4.78 is 0. The maximum Gasteiger partial charge on any atom is 0.306 e. The lowest BCUT2D eigenvalue weighted by atomic mass is 9.82. The van der Waals surface area contributed by atoms with Gasteiger partial charge in [-0.05, 0) is 51.1 Å². The van der Waals surface area contributed by atoms with Gasteiger partial charge in [-0.1, -0.05) is 0 Å². The highest BCUT2D eigenvalue weighted by Crippen LogP contribution is 2.28. The molecule has 0 aliphatic heterocycles. The lowest BCUT2D eigenvalue weighted by Gasteiger charge is -2.26. The van der Waals surface area contributed by atoms with Gasteiger partial charge in [-0.3, -0.25) is 4.79 Å². The molecule has 4 heteroatoms. The Morgan fingerprint density at radius 3 is 2.47 bits per heavy atom. The first kappa shape index (κ1) is 12.5. The third kappa shape index (κ3) is 4.62. The highest BCUT2D eigenvalue weighted by atomic mass is 16.4. The summed E-state index contributed by atoms with van der Waals surface area (Å²) in [6.45, 7) is 2.06. The molecule has 0 aromatic carbocycles. The second-order valence-electron chi connectivity index (χ2n) is 4.34. The molecule has 15 heavy (non-hydrogen) atoms. The van der Waals surface area contributed by atoms with Gasteiger partial charge in [0.2, 0.25) is 0 Å². The maximum atomic E-state index is 10.7. The van der Waals surface area contributed by atoms with Gasteiger partial charge in [-0.2, -0.15) is 0 Å². The predicted molar refractivity (Wildman–Crippen MR) is 57.7 cm³/mol. The molecule has 3 N–H and O–H groups in total. The van der Waals surface area contributed by atoms with Crippen molar-refractivity contribution in [2.75, 3.05) is 19.7 Å². The summed E-state index contributed by atoms with van der Waals surface area (Å²) in [6, 6.07) is 0. The van der Waals surface area contributed by atoms with Gasteiger partial charge in [0.25, 0.3) is 0 Å². The van der Waals surface area contributed by atoms with E-state index in [1.54, 1.807) is 0 Å². The Kier molecular flexibility index (Phi) is 5.65. The van der Waals surface area contributed by atoms with E-state index in [4.69, 9.17) is 10.2 Å². The number of carboxylic acids is 1. The highest BCUT2D eigenvalue weighted by Gasteiger charge is 2.25. The Hall–Kier alpha value is -0.610. The minimum Gasteiger partial charge on any atom is -0.481 e. The van der Waals surface area contributed by atoms with Crippen molar-refractivity contribution in [1.82, 2.24) is 5.32 Å². The minimum absolute atomic E-state index is 0.112. The molecule has 88 valence electrons. The third-order valence-corrected chi connectivity index (χ3v) is 3.14. The monoisotopic (exact) mass is 215 g/mol. The number of nitrogens with one attached hydrogen (secondary N) is 1.